The summed E-state index contributed by atoms with van der Waals surface area (Å²) < 4.78 is 13.9. The SMILES string of the molecule is O=C(c1cccnc1)N1CCc2cc3ccc2C1c1cccc(c1)OCCCn1cc(nn1)CO3. The zero-order chi connectivity index (χ0) is 23.6. The van der Waals surface area contributed by atoms with Gasteiger partial charge in [0.15, 0.2) is 0 Å². The molecule has 0 saturated carbocycles. The summed E-state index contributed by atoms with van der Waals surface area (Å²) in [6.45, 7) is 2.21. The summed E-state index contributed by atoms with van der Waals surface area (Å²) in [6, 6.07) is 17.5. The predicted molar refractivity (Wildman–Crippen MR) is 128 cm³/mol. The van der Waals surface area contributed by atoms with Gasteiger partial charge in [0.05, 0.1) is 24.4 Å². The number of aromatic nitrogens is 4. The highest BCUT2D eigenvalue weighted by Gasteiger charge is 2.33. The molecule has 0 saturated heterocycles. The molecule has 0 aliphatic carbocycles. The summed E-state index contributed by atoms with van der Waals surface area (Å²) in [7, 11) is 0. The lowest BCUT2D eigenvalue weighted by molar-refractivity contribution is 0.0693. The molecule has 1 unspecified atom stereocenters. The Morgan fingerprint density at radius 2 is 1.94 bits per heavy atom. The fourth-order valence-electron chi connectivity index (χ4n) is 4.79. The molecule has 35 heavy (non-hydrogen) atoms. The molecular weight excluding hydrogens is 442 g/mol. The smallest absolute Gasteiger partial charge is 0.256 e. The summed E-state index contributed by atoms with van der Waals surface area (Å²) in [4.78, 5) is 19.7. The van der Waals surface area contributed by atoms with Crippen molar-refractivity contribution in [3.63, 3.8) is 0 Å². The highest BCUT2D eigenvalue weighted by atomic mass is 16.5. The van der Waals surface area contributed by atoms with Gasteiger partial charge in [0.1, 0.15) is 23.8 Å². The van der Waals surface area contributed by atoms with Crippen LogP contribution in [0.3, 0.4) is 0 Å². The molecule has 8 bridgehead atoms. The Kier molecular flexibility index (Phi) is 5.62. The van der Waals surface area contributed by atoms with Crippen molar-refractivity contribution in [2.24, 2.45) is 0 Å². The Hall–Kier alpha value is -4.20. The topological polar surface area (TPSA) is 82.4 Å². The number of rotatable bonds is 1. The number of amides is 1. The second-order valence-corrected chi connectivity index (χ2v) is 8.79. The minimum Gasteiger partial charge on any atom is -0.494 e. The van der Waals surface area contributed by atoms with Gasteiger partial charge >= 0.3 is 0 Å². The van der Waals surface area contributed by atoms with Gasteiger partial charge in [-0.3, -0.25) is 14.5 Å². The first-order valence-corrected chi connectivity index (χ1v) is 11.8. The van der Waals surface area contributed by atoms with Crippen LogP contribution in [0.25, 0.3) is 0 Å². The average molecular weight is 468 g/mol. The molecule has 176 valence electrons. The normalized spacial score (nSPS) is 17.3. The van der Waals surface area contributed by atoms with Gasteiger partial charge in [0.25, 0.3) is 5.91 Å². The molecule has 0 radical (unpaired) electrons. The minimum atomic E-state index is -0.238. The Morgan fingerprint density at radius 3 is 2.86 bits per heavy atom. The Bertz CT molecular complexity index is 1350. The lowest BCUT2D eigenvalue weighted by Gasteiger charge is -2.38. The van der Waals surface area contributed by atoms with E-state index in [1.807, 2.05) is 46.1 Å². The number of aryl methyl sites for hydroxylation is 1. The van der Waals surface area contributed by atoms with Crippen LogP contribution < -0.4 is 9.47 Å². The Balaban J connectivity index is 1.42. The van der Waals surface area contributed by atoms with Crippen molar-refractivity contribution in [2.45, 2.75) is 32.0 Å². The van der Waals surface area contributed by atoms with E-state index in [-0.39, 0.29) is 11.9 Å². The Morgan fingerprint density at radius 1 is 1.00 bits per heavy atom. The molecule has 2 aromatic heterocycles. The monoisotopic (exact) mass is 467 g/mol. The summed E-state index contributed by atoms with van der Waals surface area (Å²) in [6.07, 6.45) is 6.75. The third kappa shape index (κ3) is 4.35. The molecule has 5 heterocycles. The van der Waals surface area contributed by atoms with E-state index in [1.54, 1.807) is 18.5 Å². The second-order valence-electron chi connectivity index (χ2n) is 8.79. The van der Waals surface area contributed by atoms with Gasteiger partial charge in [-0.25, -0.2) is 0 Å². The quantitative estimate of drug-likeness (QED) is 0.423. The van der Waals surface area contributed by atoms with E-state index in [2.05, 4.69) is 33.5 Å². The van der Waals surface area contributed by atoms with Crippen molar-refractivity contribution in [3.05, 3.63) is 101 Å². The standard InChI is InChI=1S/C27H25N5O3/c33-27(21-5-2-10-28-16-21)32-12-9-19-14-24-7-8-25(19)26(32)20-4-1-6-23(15-20)34-13-3-11-31-17-22(18-35-24)29-30-31/h1-2,4-8,10,14-17,26H,3,9,11-13,18H2. The highest BCUT2D eigenvalue weighted by Crippen LogP contribution is 2.38. The molecule has 3 aliphatic heterocycles. The van der Waals surface area contributed by atoms with Crippen molar-refractivity contribution in [3.8, 4) is 11.5 Å². The number of ether oxygens (including phenoxy) is 2. The van der Waals surface area contributed by atoms with E-state index in [9.17, 15) is 4.79 Å². The first-order chi connectivity index (χ1) is 17.2. The molecule has 2 aromatic carbocycles. The second kappa shape index (κ2) is 9.21. The van der Waals surface area contributed by atoms with Crippen molar-refractivity contribution < 1.29 is 14.3 Å². The van der Waals surface area contributed by atoms with Crippen LogP contribution in [0, 0.1) is 0 Å². The van der Waals surface area contributed by atoms with Crippen molar-refractivity contribution in [1.82, 2.24) is 24.9 Å². The summed E-state index contributed by atoms with van der Waals surface area (Å²) in [5.41, 5.74) is 4.64. The van der Waals surface area contributed by atoms with Crippen LogP contribution in [0.1, 0.15) is 45.2 Å². The van der Waals surface area contributed by atoms with Gasteiger partial charge in [-0.1, -0.05) is 23.4 Å². The van der Waals surface area contributed by atoms with E-state index in [0.29, 0.717) is 31.9 Å². The third-order valence-corrected chi connectivity index (χ3v) is 6.46. The molecule has 0 spiro atoms. The lowest BCUT2D eigenvalue weighted by Crippen LogP contribution is -2.40. The molecule has 1 atom stereocenters. The number of hydrogen-bond acceptors (Lipinski definition) is 6. The maximum absolute atomic E-state index is 13.6. The van der Waals surface area contributed by atoms with Crippen LogP contribution in [0.15, 0.2) is 73.2 Å². The van der Waals surface area contributed by atoms with Crippen LogP contribution in [0.4, 0.5) is 0 Å². The number of nitrogens with zero attached hydrogens (tertiary/aromatic N) is 5. The van der Waals surface area contributed by atoms with Gasteiger partial charge in [0, 0.05) is 31.9 Å². The number of hydrogen-bond donors (Lipinski definition) is 0. The molecule has 3 aliphatic rings. The van der Waals surface area contributed by atoms with Gasteiger partial charge in [-0.05, 0) is 59.5 Å². The van der Waals surface area contributed by atoms with E-state index < -0.39 is 0 Å². The van der Waals surface area contributed by atoms with Gasteiger partial charge in [-0.2, -0.15) is 0 Å². The summed E-state index contributed by atoms with van der Waals surface area (Å²) in [5, 5.41) is 8.41. The van der Waals surface area contributed by atoms with Crippen molar-refractivity contribution in [2.75, 3.05) is 13.2 Å². The zero-order valence-corrected chi connectivity index (χ0v) is 19.2. The molecular formula is C27H25N5O3. The van der Waals surface area contributed by atoms with Gasteiger partial charge in [0.2, 0.25) is 0 Å². The largest absolute Gasteiger partial charge is 0.494 e. The fourth-order valence-corrected chi connectivity index (χ4v) is 4.79. The average Bonchev–Trinajstić information content (AvgIpc) is 3.37. The lowest BCUT2D eigenvalue weighted by atomic mass is 9.87. The number of benzene rings is 2. The maximum atomic E-state index is 13.6. The van der Waals surface area contributed by atoms with Crippen LogP contribution in [0.2, 0.25) is 0 Å². The first-order valence-electron chi connectivity index (χ1n) is 11.8. The van der Waals surface area contributed by atoms with Crippen LogP contribution in [-0.4, -0.2) is 43.9 Å². The fraction of sp³-hybridized carbons (Fsp3) is 0.259. The number of carbonyl (C=O) groups excluding carboxylic acids is 1. The van der Waals surface area contributed by atoms with Crippen molar-refractivity contribution >= 4 is 5.91 Å². The van der Waals surface area contributed by atoms with E-state index in [4.69, 9.17) is 9.47 Å². The number of fused-ring (bicyclic) bond motifs is 5. The maximum Gasteiger partial charge on any atom is 0.256 e. The molecule has 0 fully saturated rings. The Labute approximate surface area is 203 Å². The molecule has 4 aromatic rings. The molecule has 8 heteroatoms. The predicted octanol–water partition coefficient (Wildman–Crippen LogP) is 3.82. The molecule has 7 rings (SSSR count). The van der Waals surface area contributed by atoms with Crippen molar-refractivity contribution in [1.29, 1.82) is 0 Å². The van der Waals surface area contributed by atoms with Crippen LogP contribution in [-0.2, 0) is 19.6 Å². The molecule has 1 amide bonds. The van der Waals surface area contributed by atoms with E-state index in [0.717, 1.165) is 41.2 Å². The van der Waals surface area contributed by atoms with E-state index >= 15 is 0 Å². The zero-order valence-electron chi connectivity index (χ0n) is 19.2. The molecule has 0 N–H and O–H groups in total. The number of carbonyl (C=O) groups is 1. The van der Waals surface area contributed by atoms with Gasteiger partial charge in [-0.15, -0.1) is 5.10 Å². The van der Waals surface area contributed by atoms with Crippen LogP contribution in [0.5, 0.6) is 11.5 Å². The molecule has 8 nitrogen and oxygen atoms in total. The summed E-state index contributed by atoms with van der Waals surface area (Å²) in [5.74, 6) is 1.53. The van der Waals surface area contributed by atoms with Gasteiger partial charge < -0.3 is 14.4 Å². The van der Waals surface area contributed by atoms with Crippen LogP contribution >= 0.6 is 0 Å². The highest BCUT2D eigenvalue weighted by molar-refractivity contribution is 5.94. The number of pyridine rings is 1. The summed E-state index contributed by atoms with van der Waals surface area (Å²) >= 11 is 0. The third-order valence-electron chi connectivity index (χ3n) is 6.46. The minimum absolute atomic E-state index is 0.0336. The first kappa shape index (κ1) is 21.3. The van der Waals surface area contributed by atoms with E-state index in [1.165, 1.54) is 5.56 Å².